The molecule has 0 bridgehead atoms. The summed E-state index contributed by atoms with van der Waals surface area (Å²) in [6, 6.07) is 0. The molecule has 0 N–H and O–H groups in total. The molecule has 0 radical (unpaired) electrons. The van der Waals surface area contributed by atoms with E-state index in [0.29, 0.717) is 0 Å². The van der Waals surface area contributed by atoms with E-state index in [1.165, 1.54) is 140 Å². The first-order valence-electron chi connectivity index (χ1n) is 14.7. The second-order valence-corrected chi connectivity index (χ2v) is 10.7. The Hall–Kier alpha value is -0.820. The highest BCUT2D eigenvalue weighted by atomic mass is 15.0. The molecule has 0 atom stereocenters. The minimum absolute atomic E-state index is 0.967. The Bertz CT molecular complexity index is 459. The first-order valence-corrected chi connectivity index (χ1v) is 14.7. The van der Waals surface area contributed by atoms with Gasteiger partial charge in [-0.05, 0) is 64.1 Å². The summed E-state index contributed by atoms with van der Waals surface area (Å²) in [4.78, 5) is 2.21. The molecule has 0 spiro atoms. The summed E-state index contributed by atoms with van der Waals surface area (Å²) in [7, 11) is 4.23. The summed E-state index contributed by atoms with van der Waals surface area (Å²) in [5.74, 6) is 0.967. The fraction of sp³-hybridized carbons (Fsp3) is 0.812. The molecule has 0 saturated heterocycles. The van der Waals surface area contributed by atoms with E-state index in [4.69, 9.17) is 0 Å². The number of unbranched alkanes of at least 4 members (excludes halogenated alkanes) is 11. The predicted octanol–water partition coefficient (Wildman–Crippen LogP) is 10.7. The first-order chi connectivity index (χ1) is 16.0. The van der Waals surface area contributed by atoms with Crippen LogP contribution < -0.4 is 0 Å². The summed E-state index contributed by atoms with van der Waals surface area (Å²) >= 11 is 0. The van der Waals surface area contributed by atoms with Gasteiger partial charge in [0.1, 0.15) is 0 Å². The molecule has 1 heteroatoms. The lowest BCUT2D eigenvalue weighted by Gasteiger charge is -2.17. The molecule has 33 heavy (non-hydrogen) atoms. The molecule has 0 aromatic heterocycles. The third kappa shape index (κ3) is 22.7. The van der Waals surface area contributed by atoms with Crippen molar-refractivity contribution in [1.29, 1.82) is 0 Å². The second-order valence-electron chi connectivity index (χ2n) is 10.7. The average Bonchev–Trinajstić information content (AvgIpc) is 2.79. The molecular weight excluding hydrogens is 398 g/mol. The van der Waals surface area contributed by atoms with Crippen molar-refractivity contribution in [3.63, 3.8) is 0 Å². The molecule has 1 nitrogen and oxygen atoms in total. The number of hydrogen-bond acceptors (Lipinski definition) is 1. The lowest BCUT2D eigenvalue weighted by molar-refractivity contribution is 0.372. The van der Waals surface area contributed by atoms with Gasteiger partial charge in [0.15, 0.2) is 0 Å². The topological polar surface area (TPSA) is 3.24 Å². The van der Waals surface area contributed by atoms with Gasteiger partial charge in [-0.3, -0.25) is 0 Å². The minimum atomic E-state index is 0.967. The van der Waals surface area contributed by atoms with Crippen LogP contribution in [0.5, 0.6) is 0 Å². The van der Waals surface area contributed by atoms with Crippen molar-refractivity contribution in [1.82, 2.24) is 4.90 Å². The van der Waals surface area contributed by atoms with Crippen LogP contribution in [0.3, 0.4) is 0 Å². The second kappa shape index (κ2) is 24.3. The normalized spacial score (nSPS) is 12.1. The monoisotopic (exact) mass is 459 g/mol. The van der Waals surface area contributed by atoms with Gasteiger partial charge in [0.25, 0.3) is 0 Å². The van der Waals surface area contributed by atoms with Crippen LogP contribution in [0.2, 0.25) is 0 Å². The van der Waals surface area contributed by atoms with Crippen LogP contribution in [0, 0.1) is 5.92 Å². The van der Waals surface area contributed by atoms with Crippen molar-refractivity contribution in [2.45, 2.75) is 142 Å². The average molecular weight is 460 g/mol. The van der Waals surface area contributed by atoms with E-state index >= 15 is 0 Å². The molecule has 194 valence electrons. The van der Waals surface area contributed by atoms with Crippen LogP contribution in [0.4, 0.5) is 0 Å². The van der Waals surface area contributed by atoms with Crippen LogP contribution in [0.1, 0.15) is 142 Å². The van der Waals surface area contributed by atoms with Crippen molar-refractivity contribution in [2.75, 3.05) is 20.6 Å². The minimum Gasteiger partial charge on any atom is -0.305 e. The Morgan fingerprint density at radius 2 is 1.21 bits per heavy atom. The molecule has 0 heterocycles. The predicted molar refractivity (Wildman–Crippen MR) is 153 cm³/mol. The molecule has 0 saturated carbocycles. The fourth-order valence-corrected chi connectivity index (χ4v) is 4.83. The SMILES string of the molecule is C=C/C(=C\CCCCCC(=C)CCCC(CCCCCCC)CCCCCCC)CN(C)C. The first kappa shape index (κ1) is 32.2. The Balaban J connectivity index is 4.01. The van der Waals surface area contributed by atoms with E-state index < -0.39 is 0 Å². The van der Waals surface area contributed by atoms with E-state index in [0.717, 1.165) is 12.5 Å². The molecule has 0 amide bonds. The molecular formula is C32H61N. The third-order valence-electron chi connectivity index (χ3n) is 6.98. The lowest BCUT2D eigenvalue weighted by atomic mass is 9.89. The quantitative estimate of drug-likeness (QED) is 0.0745. The van der Waals surface area contributed by atoms with Crippen LogP contribution >= 0.6 is 0 Å². The van der Waals surface area contributed by atoms with E-state index in [1.807, 2.05) is 6.08 Å². The summed E-state index contributed by atoms with van der Waals surface area (Å²) in [5, 5.41) is 0. The zero-order valence-electron chi connectivity index (χ0n) is 23.4. The number of rotatable bonds is 25. The largest absolute Gasteiger partial charge is 0.305 e. The lowest BCUT2D eigenvalue weighted by Crippen LogP contribution is -2.14. The van der Waals surface area contributed by atoms with Gasteiger partial charge in [0.05, 0.1) is 0 Å². The Labute approximate surface area is 210 Å². The summed E-state index contributed by atoms with van der Waals surface area (Å²) < 4.78 is 0. The maximum absolute atomic E-state index is 4.40. The molecule has 0 fully saturated rings. The zero-order chi connectivity index (χ0) is 24.6. The molecule has 0 rings (SSSR count). The number of nitrogens with zero attached hydrogens (tertiary/aromatic N) is 1. The van der Waals surface area contributed by atoms with Gasteiger partial charge < -0.3 is 4.90 Å². The highest BCUT2D eigenvalue weighted by Crippen LogP contribution is 2.25. The number of hydrogen-bond donors (Lipinski definition) is 0. The molecule has 0 aliphatic carbocycles. The molecule has 0 aliphatic heterocycles. The summed E-state index contributed by atoms with van der Waals surface area (Å²) in [5.41, 5.74) is 2.85. The Morgan fingerprint density at radius 1 is 0.697 bits per heavy atom. The smallest absolute Gasteiger partial charge is 0.0224 e. The van der Waals surface area contributed by atoms with Crippen molar-refractivity contribution in [3.05, 3.63) is 36.5 Å². The molecule has 0 aliphatic rings. The van der Waals surface area contributed by atoms with Gasteiger partial charge in [0, 0.05) is 6.54 Å². The highest BCUT2D eigenvalue weighted by Gasteiger charge is 2.09. The Morgan fingerprint density at radius 3 is 1.76 bits per heavy atom. The highest BCUT2D eigenvalue weighted by molar-refractivity contribution is 5.17. The number of allylic oxidation sites excluding steroid dienone is 2. The van der Waals surface area contributed by atoms with Gasteiger partial charge in [-0.1, -0.05) is 135 Å². The van der Waals surface area contributed by atoms with E-state index in [-0.39, 0.29) is 0 Å². The zero-order valence-corrected chi connectivity index (χ0v) is 23.4. The van der Waals surface area contributed by atoms with Crippen molar-refractivity contribution in [2.24, 2.45) is 5.92 Å². The van der Waals surface area contributed by atoms with E-state index in [9.17, 15) is 0 Å². The summed E-state index contributed by atoms with van der Waals surface area (Å²) in [6.45, 7) is 14.0. The molecule has 0 unspecified atom stereocenters. The molecule has 0 aromatic rings. The van der Waals surface area contributed by atoms with Gasteiger partial charge in [-0.15, -0.1) is 0 Å². The van der Waals surface area contributed by atoms with E-state index in [2.05, 4.69) is 52.1 Å². The Kier molecular flexibility index (Phi) is 23.7. The van der Waals surface area contributed by atoms with Crippen LogP contribution in [-0.4, -0.2) is 25.5 Å². The summed E-state index contributed by atoms with van der Waals surface area (Å²) in [6.07, 6.45) is 31.9. The van der Waals surface area contributed by atoms with Crippen molar-refractivity contribution < 1.29 is 0 Å². The van der Waals surface area contributed by atoms with Crippen LogP contribution in [-0.2, 0) is 0 Å². The van der Waals surface area contributed by atoms with Crippen LogP contribution in [0.25, 0.3) is 0 Å². The van der Waals surface area contributed by atoms with Crippen molar-refractivity contribution in [3.8, 4) is 0 Å². The maximum atomic E-state index is 4.40. The maximum Gasteiger partial charge on any atom is 0.0224 e. The van der Waals surface area contributed by atoms with Gasteiger partial charge in [0.2, 0.25) is 0 Å². The van der Waals surface area contributed by atoms with E-state index in [1.54, 1.807) is 0 Å². The van der Waals surface area contributed by atoms with Crippen molar-refractivity contribution >= 4 is 0 Å². The molecule has 0 aromatic carbocycles. The van der Waals surface area contributed by atoms with Crippen LogP contribution in [0.15, 0.2) is 36.5 Å². The van der Waals surface area contributed by atoms with Gasteiger partial charge >= 0.3 is 0 Å². The number of likely N-dealkylation sites (N-methyl/N-ethyl adjacent to an activating group) is 1. The van der Waals surface area contributed by atoms with Gasteiger partial charge in [-0.25, -0.2) is 0 Å². The third-order valence-corrected chi connectivity index (χ3v) is 6.98. The fourth-order valence-electron chi connectivity index (χ4n) is 4.83. The standard InChI is InChI=1S/C32H61N/c1-7-10-12-14-20-26-32(27-21-15-13-11-8-2)28-22-24-30(4)23-18-16-17-19-25-31(9-3)29-33(5)6/h9,25,32H,3-4,7-8,10-24,26-29H2,1-2,5-6H3/b31-25+. The van der Waals surface area contributed by atoms with Gasteiger partial charge in [-0.2, -0.15) is 0 Å².